The minimum Gasteiger partial charge on any atom is -0.482 e. The van der Waals surface area contributed by atoms with Crippen molar-refractivity contribution in [2.24, 2.45) is 0 Å². The number of halogens is 2. The van der Waals surface area contributed by atoms with Gasteiger partial charge in [0.1, 0.15) is 23.8 Å². The highest BCUT2D eigenvalue weighted by Crippen LogP contribution is 2.32. The molecule has 0 spiro atoms. The third-order valence-electron chi connectivity index (χ3n) is 4.36. The largest absolute Gasteiger partial charge is 0.482 e. The number of carbonyl (C=O) groups excluding carboxylic acids is 2. The Morgan fingerprint density at radius 3 is 1.97 bits per heavy atom. The maximum Gasteiger partial charge on any atom is 0.344 e. The van der Waals surface area contributed by atoms with Crippen molar-refractivity contribution in [1.29, 1.82) is 0 Å². The Balaban J connectivity index is 1.59. The molecule has 0 aliphatic carbocycles. The van der Waals surface area contributed by atoms with Gasteiger partial charge >= 0.3 is 11.9 Å². The molecule has 0 heterocycles. The number of benzene rings is 3. The third kappa shape index (κ3) is 7.91. The molecule has 2 atom stereocenters. The van der Waals surface area contributed by atoms with Gasteiger partial charge in [0.25, 0.3) is 0 Å². The van der Waals surface area contributed by atoms with E-state index >= 15 is 0 Å². The highest BCUT2D eigenvalue weighted by atomic mass is 79.9. The summed E-state index contributed by atoms with van der Waals surface area (Å²) in [6, 6.07) is 26.4. The molecular weight excluding hydrogens is 572 g/mol. The number of ether oxygens (including phenoxy) is 3. The van der Waals surface area contributed by atoms with Gasteiger partial charge in [-0.3, -0.25) is 4.79 Å². The van der Waals surface area contributed by atoms with Crippen LogP contribution in [0.1, 0.15) is 6.92 Å². The third-order valence-corrected chi connectivity index (χ3v) is 7.49. The molecule has 172 valence electrons. The first-order valence-corrected chi connectivity index (χ1v) is 13.1. The Labute approximate surface area is 213 Å². The molecule has 3 aromatic carbocycles. The summed E-state index contributed by atoms with van der Waals surface area (Å²) in [6.07, 6.45) is 0. The lowest BCUT2D eigenvalue weighted by molar-refractivity contribution is -0.153. The van der Waals surface area contributed by atoms with Crippen LogP contribution in [0, 0.1) is 0 Å². The molecule has 0 bridgehead atoms. The first kappa shape index (κ1) is 25.3. The number of carbonyl (C=O) groups is 2. The maximum atomic E-state index is 11.9. The first-order chi connectivity index (χ1) is 15.9. The van der Waals surface area contributed by atoms with Crippen molar-refractivity contribution < 1.29 is 23.8 Å². The molecule has 0 N–H and O–H groups in total. The van der Waals surface area contributed by atoms with Gasteiger partial charge in [0.15, 0.2) is 21.3 Å². The van der Waals surface area contributed by atoms with Crippen molar-refractivity contribution in [2.75, 3.05) is 19.8 Å². The van der Waals surface area contributed by atoms with Gasteiger partial charge in [-0.15, -0.1) is 0 Å². The van der Waals surface area contributed by atoms with Gasteiger partial charge in [-0.05, 0) is 67.6 Å². The van der Waals surface area contributed by atoms with Crippen molar-refractivity contribution in [2.45, 2.75) is 26.4 Å². The number of hydrogen-bond donors (Lipinski definition) is 0. The van der Waals surface area contributed by atoms with Crippen LogP contribution in [0.5, 0.6) is 5.75 Å². The Hall–Kier alpha value is -2.29. The lowest BCUT2D eigenvalue weighted by Gasteiger charge is -2.10. The summed E-state index contributed by atoms with van der Waals surface area (Å²) < 4.78 is 16.5. The van der Waals surface area contributed by atoms with E-state index in [1.807, 2.05) is 54.6 Å². The summed E-state index contributed by atoms with van der Waals surface area (Å²) in [5.74, 6) is -0.358. The summed E-state index contributed by atoms with van der Waals surface area (Å²) in [5, 5.41) is 0. The molecule has 3 aromatic rings. The van der Waals surface area contributed by atoms with Gasteiger partial charge in [-0.2, -0.15) is 0 Å². The van der Waals surface area contributed by atoms with E-state index in [0.29, 0.717) is 5.75 Å². The van der Waals surface area contributed by atoms with Crippen molar-refractivity contribution in [1.82, 2.24) is 0 Å². The lowest BCUT2D eigenvalue weighted by Crippen LogP contribution is -2.20. The zero-order valence-electron chi connectivity index (χ0n) is 17.9. The fourth-order valence-electron chi connectivity index (χ4n) is 2.80. The first-order valence-electron chi connectivity index (χ1n) is 10.2. The smallest absolute Gasteiger partial charge is 0.344 e. The molecule has 33 heavy (non-hydrogen) atoms. The normalized spacial score (nSPS) is 12.5. The maximum absolute atomic E-state index is 11.9. The zero-order valence-corrected chi connectivity index (χ0v) is 21.9. The van der Waals surface area contributed by atoms with Gasteiger partial charge in [-0.1, -0.05) is 50.1 Å². The number of rotatable bonds is 10. The van der Waals surface area contributed by atoms with Gasteiger partial charge in [0.2, 0.25) is 0 Å². The molecule has 0 fully saturated rings. The second kappa shape index (κ2) is 12.8. The lowest BCUT2D eigenvalue weighted by atomic mass is 10.3. The Kier molecular flexibility index (Phi) is 9.84. The molecule has 5 nitrogen and oxygen atoms in total. The zero-order chi connectivity index (χ0) is 23.6. The summed E-state index contributed by atoms with van der Waals surface area (Å²) in [7, 11) is -0.270. The highest BCUT2D eigenvalue weighted by Gasteiger charge is 2.28. The second-order valence-electron chi connectivity index (χ2n) is 6.84. The molecule has 3 rings (SSSR count). The van der Waals surface area contributed by atoms with E-state index in [-0.39, 0.29) is 30.7 Å². The van der Waals surface area contributed by atoms with E-state index in [4.69, 9.17) is 14.2 Å². The van der Waals surface area contributed by atoms with Crippen LogP contribution in [-0.2, 0) is 30.0 Å². The van der Waals surface area contributed by atoms with Crippen LogP contribution in [-0.4, -0.2) is 36.6 Å². The fourth-order valence-corrected chi connectivity index (χ4v) is 5.26. The van der Waals surface area contributed by atoms with Crippen LogP contribution in [0.4, 0.5) is 0 Å². The molecule has 0 saturated carbocycles. The van der Waals surface area contributed by atoms with Gasteiger partial charge < -0.3 is 14.2 Å². The summed E-state index contributed by atoms with van der Waals surface area (Å²) in [5.41, 5.74) is 0. The average Bonchev–Trinajstić information content (AvgIpc) is 2.83. The van der Waals surface area contributed by atoms with Gasteiger partial charge in [-0.25, -0.2) is 4.79 Å². The Morgan fingerprint density at radius 2 is 1.36 bits per heavy atom. The van der Waals surface area contributed by atoms with E-state index in [2.05, 4.69) is 56.1 Å². The van der Waals surface area contributed by atoms with Crippen molar-refractivity contribution in [3.05, 3.63) is 83.3 Å². The SMILES string of the molecule is CC(Br)C(=O)OCCOC(=O)COc1ccc([S+](c2ccccc2)c2ccc(Br)cc2)cc1. The van der Waals surface area contributed by atoms with Crippen molar-refractivity contribution in [3.8, 4) is 5.75 Å². The van der Waals surface area contributed by atoms with E-state index in [0.717, 1.165) is 9.37 Å². The molecule has 2 unspecified atom stereocenters. The van der Waals surface area contributed by atoms with E-state index in [1.165, 1.54) is 9.79 Å². The monoisotopic (exact) mass is 593 g/mol. The predicted octanol–water partition coefficient (Wildman–Crippen LogP) is 5.79. The minimum absolute atomic E-state index is 0.00701. The van der Waals surface area contributed by atoms with Crippen LogP contribution < -0.4 is 4.74 Å². The van der Waals surface area contributed by atoms with E-state index in [9.17, 15) is 9.59 Å². The minimum atomic E-state index is -0.527. The van der Waals surface area contributed by atoms with Crippen molar-refractivity contribution >= 4 is 54.7 Å². The van der Waals surface area contributed by atoms with Crippen LogP contribution in [0.3, 0.4) is 0 Å². The van der Waals surface area contributed by atoms with Crippen LogP contribution in [0.25, 0.3) is 0 Å². The number of esters is 2. The highest BCUT2D eigenvalue weighted by molar-refractivity contribution is 9.10. The predicted molar refractivity (Wildman–Crippen MR) is 135 cm³/mol. The molecule has 0 radical (unpaired) electrons. The summed E-state index contributed by atoms with van der Waals surface area (Å²) in [6.45, 7) is 1.43. The molecule has 0 aliphatic rings. The van der Waals surface area contributed by atoms with Gasteiger partial charge in [0.05, 0.1) is 10.9 Å². The molecule has 0 aliphatic heterocycles. The number of alkyl halides is 1. The standard InChI is InChI=1S/C25H23Br2O5S/c1-18(26)25(29)31-16-15-30-24(28)17-32-20-9-13-23(14-10-20)33(21-5-3-2-4-6-21)22-11-7-19(27)8-12-22/h2-14,18H,15-17H2,1H3/q+1. The molecular formula is C25H23Br2O5S+. The fraction of sp³-hybridized carbons (Fsp3) is 0.200. The van der Waals surface area contributed by atoms with Gasteiger partial charge in [0, 0.05) is 4.47 Å². The molecule has 0 aromatic heterocycles. The molecule has 0 saturated heterocycles. The average molecular weight is 595 g/mol. The summed E-state index contributed by atoms with van der Waals surface area (Å²) >= 11 is 6.61. The topological polar surface area (TPSA) is 61.8 Å². The Bertz CT molecular complexity index is 1040. The van der Waals surface area contributed by atoms with Crippen LogP contribution in [0.2, 0.25) is 0 Å². The molecule has 8 heteroatoms. The summed E-state index contributed by atoms with van der Waals surface area (Å²) in [4.78, 5) is 26.4. The van der Waals surface area contributed by atoms with E-state index in [1.54, 1.807) is 6.92 Å². The van der Waals surface area contributed by atoms with Crippen molar-refractivity contribution in [3.63, 3.8) is 0 Å². The van der Waals surface area contributed by atoms with Crippen LogP contribution >= 0.6 is 31.9 Å². The second-order valence-corrected chi connectivity index (χ2v) is 11.2. The molecule has 0 amide bonds. The quantitative estimate of drug-likeness (QED) is 0.129. The Morgan fingerprint density at radius 1 is 0.818 bits per heavy atom. The number of hydrogen-bond acceptors (Lipinski definition) is 5. The van der Waals surface area contributed by atoms with E-state index < -0.39 is 16.8 Å². The van der Waals surface area contributed by atoms with Crippen LogP contribution in [0.15, 0.2) is 98.0 Å².